The Kier molecular flexibility index (Phi) is 3.51. The molecule has 2 N–H and O–H groups in total. The smallest absolute Gasteiger partial charge is 0.0683 e. The molecule has 3 heteroatoms. The molecule has 0 amide bonds. The van der Waals surface area contributed by atoms with Crippen LogP contribution in [0, 0.1) is 0 Å². The molecule has 0 spiro atoms. The summed E-state index contributed by atoms with van der Waals surface area (Å²) in [6, 6.07) is 14.7. The number of hydrogen-bond donors (Lipinski definition) is 2. The fraction of sp³-hybridized carbons (Fsp3) is 0.375. The molecule has 1 aliphatic rings. The Morgan fingerprint density at radius 3 is 2.74 bits per heavy atom. The van der Waals surface area contributed by atoms with Gasteiger partial charge in [0.25, 0.3) is 0 Å². The van der Waals surface area contributed by atoms with E-state index >= 15 is 0 Å². The molecule has 0 unspecified atom stereocenters. The minimum absolute atomic E-state index is 0.0777. The van der Waals surface area contributed by atoms with E-state index < -0.39 is 0 Å². The SMILES string of the molecule is OC[C@@H]1C[C@@H](O)CN1Cc1cccc2ccccc12. The van der Waals surface area contributed by atoms with Crippen LogP contribution in [0.4, 0.5) is 0 Å². The Morgan fingerprint density at radius 1 is 1.11 bits per heavy atom. The van der Waals surface area contributed by atoms with Gasteiger partial charge in [-0.3, -0.25) is 4.90 Å². The topological polar surface area (TPSA) is 43.7 Å². The Bertz CT molecular complexity index is 564. The molecule has 0 saturated carbocycles. The first-order valence-corrected chi connectivity index (χ1v) is 6.77. The van der Waals surface area contributed by atoms with Gasteiger partial charge in [-0.15, -0.1) is 0 Å². The molecule has 2 aromatic carbocycles. The van der Waals surface area contributed by atoms with Gasteiger partial charge in [0.1, 0.15) is 0 Å². The largest absolute Gasteiger partial charge is 0.395 e. The number of nitrogens with zero attached hydrogens (tertiary/aromatic N) is 1. The van der Waals surface area contributed by atoms with E-state index in [9.17, 15) is 10.2 Å². The van der Waals surface area contributed by atoms with Crippen LogP contribution in [0.25, 0.3) is 10.8 Å². The number of aliphatic hydroxyl groups excluding tert-OH is 2. The lowest BCUT2D eigenvalue weighted by Gasteiger charge is -2.23. The third kappa shape index (κ3) is 2.50. The fourth-order valence-corrected chi connectivity index (χ4v) is 2.99. The van der Waals surface area contributed by atoms with Crippen molar-refractivity contribution in [3.63, 3.8) is 0 Å². The predicted octanol–water partition coefficient (Wildman–Crippen LogP) is 1.77. The maximum atomic E-state index is 9.74. The summed E-state index contributed by atoms with van der Waals surface area (Å²) in [4.78, 5) is 2.17. The second-order valence-electron chi connectivity index (χ2n) is 5.29. The van der Waals surface area contributed by atoms with Crippen molar-refractivity contribution in [1.82, 2.24) is 4.90 Å². The monoisotopic (exact) mass is 257 g/mol. The van der Waals surface area contributed by atoms with Crippen LogP contribution in [-0.4, -0.2) is 40.4 Å². The fourth-order valence-electron chi connectivity index (χ4n) is 2.99. The number of rotatable bonds is 3. The highest BCUT2D eigenvalue weighted by atomic mass is 16.3. The second kappa shape index (κ2) is 5.29. The van der Waals surface area contributed by atoms with Crippen LogP contribution in [-0.2, 0) is 6.54 Å². The van der Waals surface area contributed by atoms with E-state index in [1.165, 1.54) is 16.3 Å². The molecular weight excluding hydrogens is 238 g/mol. The summed E-state index contributed by atoms with van der Waals surface area (Å²) >= 11 is 0. The Balaban J connectivity index is 1.89. The maximum absolute atomic E-state index is 9.74. The molecular formula is C16H19NO2. The number of fused-ring (bicyclic) bond motifs is 1. The molecule has 1 saturated heterocycles. The van der Waals surface area contributed by atoms with Gasteiger partial charge in [-0.05, 0) is 22.8 Å². The summed E-state index contributed by atoms with van der Waals surface area (Å²) in [7, 11) is 0. The summed E-state index contributed by atoms with van der Waals surface area (Å²) in [6.45, 7) is 1.54. The molecule has 0 bridgehead atoms. The zero-order valence-electron chi connectivity index (χ0n) is 10.9. The van der Waals surface area contributed by atoms with E-state index in [0.29, 0.717) is 13.0 Å². The van der Waals surface area contributed by atoms with Crippen molar-refractivity contribution in [3.8, 4) is 0 Å². The van der Waals surface area contributed by atoms with Crippen LogP contribution in [0.2, 0.25) is 0 Å². The molecule has 0 aliphatic carbocycles. The molecule has 1 fully saturated rings. The van der Waals surface area contributed by atoms with Crippen molar-refractivity contribution in [2.24, 2.45) is 0 Å². The van der Waals surface area contributed by atoms with Gasteiger partial charge in [-0.2, -0.15) is 0 Å². The van der Waals surface area contributed by atoms with Gasteiger partial charge in [-0.25, -0.2) is 0 Å². The first-order chi connectivity index (χ1) is 9.28. The third-order valence-corrected chi connectivity index (χ3v) is 3.97. The third-order valence-electron chi connectivity index (χ3n) is 3.97. The van der Waals surface area contributed by atoms with Gasteiger partial charge in [0.05, 0.1) is 12.7 Å². The van der Waals surface area contributed by atoms with Crippen molar-refractivity contribution in [2.75, 3.05) is 13.2 Å². The molecule has 3 rings (SSSR count). The minimum atomic E-state index is -0.313. The van der Waals surface area contributed by atoms with Crippen molar-refractivity contribution < 1.29 is 10.2 Å². The lowest BCUT2D eigenvalue weighted by atomic mass is 10.0. The van der Waals surface area contributed by atoms with Crippen molar-refractivity contribution in [3.05, 3.63) is 48.0 Å². The summed E-state index contributed by atoms with van der Waals surface area (Å²) in [5.74, 6) is 0. The van der Waals surface area contributed by atoms with Gasteiger partial charge >= 0.3 is 0 Å². The van der Waals surface area contributed by atoms with Gasteiger partial charge in [0.15, 0.2) is 0 Å². The molecule has 2 aromatic rings. The lowest BCUT2D eigenvalue weighted by molar-refractivity contribution is 0.150. The summed E-state index contributed by atoms with van der Waals surface area (Å²) in [6.07, 6.45) is 0.355. The van der Waals surface area contributed by atoms with Crippen LogP contribution in [0.5, 0.6) is 0 Å². The normalized spacial score (nSPS) is 24.1. The van der Waals surface area contributed by atoms with Gasteiger partial charge in [0.2, 0.25) is 0 Å². The number of benzene rings is 2. The highest BCUT2D eigenvalue weighted by Crippen LogP contribution is 2.24. The minimum Gasteiger partial charge on any atom is -0.395 e. The van der Waals surface area contributed by atoms with Crippen LogP contribution >= 0.6 is 0 Å². The molecule has 2 atom stereocenters. The standard InChI is InChI=1S/C16H19NO2/c18-11-14-8-15(19)10-17(14)9-13-6-3-5-12-4-1-2-7-16(12)13/h1-7,14-15,18-19H,8-11H2/t14-,15+/m0/s1. The Labute approximate surface area is 113 Å². The predicted molar refractivity (Wildman–Crippen MR) is 75.9 cm³/mol. The number of likely N-dealkylation sites (tertiary alicyclic amines) is 1. The van der Waals surface area contributed by atoms with Gasteiger partial charge in [-0.1, -0.05) is 42.5 Å². The summed E-state index contributed by atoms with van der Waals surface area (Å²) < 4.78 is 0. The zero-order chi connectivity index (χ0) is 13.2. The average molecular weight is 257 g/mol. The van der Waals surface area contributed by atoms with Crippen LogP contribution in [0.15, 0.2) is 42.5 Å². The van der Waals surface area contributed by atoms with E-state index in [2.05, 4.69) is 35.2 Å². The van der Waals surface area contributed by atoms with E-state index in [-0.39, 0.29) is 18.8 Å². The molecule has 1 heterocycles. The van der Waals surface area contributed by atoms with Crippen molar-refractivity contribution in [2.45, 2.75) is 25.1 Å². The van der Waals surface area contributed by atoms with Crippen molar-refractivity contribution in [1.29, 1.82) is 0 Å². The number of hydrogen-bond acceptors (Lipinski definition) is 3. The first kappa shape index (κ1) is 12.6. The quantitative estimate of drug-likeness (QED) is 0.880. The van der Waals surface area contributed by atoms with Crippen LogP contribution in [0.3, 0.4) is 0 Å². The molecule has 0 aromatic heterocycles. The van der Waals surface area contributed by atoms with Crippen LogP contribution in [0.1, 0.15) is 12.0 Å². The van der Waals surface area contributed by atoms with Gasteiger partial charge in [0, 0.05) is 19.1 Å². The lowest BCUT2D eigenvalue weighted by Crippen LogP contribution is -2.31. The molecule has 100 valence electrons. The van der Waals surface area contributed by atoms with Crippen molar-refractivity contribution >= 4 is 10.8 Å². The Morgan fingerprint density at radius 2 is 1.89 bits per heavy atom. The van der Waals surface area contributed by atoms with Gasteiger partial charge < -0.3 is 10.2 Å². The molecule has 3 nitrogen and oxygen atoms in total. The number of aliphatic hydroxyl groups is 2. The summed E-state index contributed by atoms with van der Waals surface area (Å²) in [5.41, 5.74) is 1.26. The van der Waals surface area contributed by atoms with Crippen LogP contribution < -0.4 is 0 Å². The van der Waals surface area contributed by atoms with E-state index in [0.717, 1.165) is 6.54 Å². The molecule has 19 heavy (non-hydrogen) atoms. The molecule has 0 radical (unpaired) electrons. The highest BCUT2D eigenvalue weighted by Gasteiger charge is 2.30. The zero-order valence-corrected chi connectivity index (χ0v) is 10.9. The molecule has 1 aliphatic heterocycles. The number of β-amino-alcohol motifs (C(OH)–C–C–N with tert-alkyl or cyclic N) is 1. The first-order valence-electron chi connectivity index (χ1n) is 6.77. The Hall–Kier alpha value is -1.42. The highest BCUT2D eigenvalue weighted by molar-refractivity contribution is 5.85. The second-order valence-corrected chi connectivity index (χ2v) is 5.29. The summed E-state index contributed by atoms with van der Waals surface area (Å²) in [5, 5.41) is 21.6. The average Bonchev–Trinajstić information content (AvgIpc) is 2.79. The van der Waals surface area contributed by atoms with E-state index in [1.807, 2.05) is 12.1 Å². The van der Waals surface area contributed by atoms with E-state index in [1.54, 1.807) is 0 Å². The van der Waals surface area contributed by atoms with E-state index in [4.69, 9.17) is 0 Å². The maximum Gasteiger partial charge on any atom is 0.0683 e.